The number of anilines is 1. The summed E-state index contributed by atoms with van der Waals surface area (Å²) in [5, 5.41) is 4.23. The first-order chi connectivity index (χ1) is 12.7. The topological polar surface area (TPSA) is 40.0 Å². The van der Waals surface area contributed by atoms with E-state index < -0.39 is 0 Å². The molecule has 0 amide bonds. The number of nitrogens with one attached hydrogen (secondary N) is 1. The Morgan fingerprint density at radius 1 is 1.08 bits per heavy atom. The molecule has 4 nitrogen and oxygen atoms in total. The van der Waals surface area contributed by atoms with Crippen molar-refractivity contribution in [1.29, 1.82) is 0 Å². The second-order valence-electron chi connectivity index (χ2n) is 6.85. The van der Waals surface area contributed by atoms with Crippen molar-refractivity contribution in [3.63, 3.8) is 0 Å². The average Bonchev–Trinajstić information content (AvgIpc) is 3.06. The first kappa shape index (κ1) is 15.6. The van der Waals surface area contributed by atoms with Crippen molar-refractivity contribution in [2.24, 2.45) is 9.98 Å². The van der Waals surface area contributed by atoms with Crippen LogP contribution in [0, 0.1) is 6.92 Å². The first-order valence-corrected chi connectivity index (χ1v) is 9.33. The minimum Gasteiger partial charge on any atom is -0.384 e. The van der Waals surface area contributed by atoms with Crippen LogP contribution in [0.4, 0.5) is 5.69 Å². The number of nitrogens with zero attached hydrogens (tertiary/aromatic N) is 3. The number of aliphatic imine (C=N–C) groups is 2. The van der Waals surface area contributed by atoms with Crippen LogP contribution in [0.15, 0.2) is 58.0 Å². The van der Waals surface area contributed by atoms with Crippen molar-refractivity contribution in [2.75, 3.05) is 25.0 Å². The van der Waals surface area contributed by atoms with Crippen LogP contribution in [-0.4, -0.2) is 36.2 Å². The van der Waals surface area contributed by atoms with Crippen LogP contribution in [0.25, 0.3) is 5.70 Å². The van der Waals surface area contributed by atoms with E-state index in [0.29, 0.717) is 0 Å². The van der Waals surface area contributed by atoms with E-state index in [9.17, 15) is 0 Å². The number of benzene rings is 2. The summed E-state index contributed by atoms with van der Waals surface area (Å²) >= 11 is 6.21. The Morgan fingerprint density at radius 2 is 1.92 bits per heavy atom. The van der Waals surface area contributed by atoms with Gasteiger partial charge in [0.25, 0.3) is 0 Å². The highest BCUT2D eigenvalue weighted by Crippen LogP contribution is 2.38. The van der Waals surface area contributed by atoms with Gasteiger partial charge in [-0.25, -0.2) is 4.99 Å². The van der Waals surface area contributed by atoms with Crippen LogP contribution in [-0.2, 0) is 0 Å². The molecule has 0 atom stereocenters. The molecule has 0 spiro atoms. The maximum Gasteiger partial charge on any atom is 0.142 e. The number of fused-ring (bicyclic) bond motifs is 4. The maximum atomic E-state index is 6.21. The Morgan fingerprint density at radius 3 is 2.77 bits per heavy atom. The Balaban J connectivity index is 1.72. The predicted molar refractivity (Wildman–Crippen MR) is 108 cm³/mol. The van der Waals surface area contributed by atoms with Gasteiger partial charge in [-0.2, -0.15) is 0 Å². The molecule has 130 valence electrons. The van der Waals surface area contributed by atoms with Gasteiger partial charge in [-0.05, 0) is 31.5 Å². The van der Waals surface area contributed by atoms with Crippen LogP contribution < -0.4 is 5.32 Å². The van der Waals surface area contributed by atoms with Gasteiger partial charge in [0, 0.05) is 40.5 Å². The standard InChI is InChI=1S/C21H19ClN4/c1-13-2-4-14(5-3-13)20-25-19-16-7-6-15(22)12-18(16)23-9-8-17(19)21-24-10-11-26(20)21/h2-7,12,23H,8-11H2,1H3. The van der Waals surface area contributed by atoms with E-state index in [0.717, 1.165) is 65.3 Å². The van der Waals surface area contributed by atoms with Crippen LogP contribution in [0.3, 0.4) is 0 Å². The summed E-state index contributed by atoms with van der Waals surface area (Å²) in [6.45, 7) is 4.67. The van der Waals surface area contributed by atoms with E-state index in [4.69, 9.17) is 21.6 Å². The molecule has 2 aromatic carbocycles. The fourth-order valence-electron chi connectivity index (χ4n) is 3.82. The zero-order valence-electron chi connectivity index (χ0n) is 14.6. The molecule has 26 heavy (non-hydrogen) atoms. The molecule has 2 aromatic rings. The van der Waals surface area contributed by atoms with Gasteiger partial charge in [-0.1, -0.05) is 41.4 Å². The number of halogens is 1. The predicted octanol–water partition coefficient (Wildman–Crippen LogP) is 4.35. The number of aryl methyl sites for hydroxylation is 1. The molecule has 5 rings (SSSR count). The van der Waals surface area contributed by atoms with E-state index in [2.05, 4.69) is 47.5 Å². The van der Waals surface area contributed by atoms with E-state index >= 15 is 0 Å². The second kappa shape index (κ2) is 5.99. The molecule has 0 aliphatic carbocycles. The number of hydrogen-bond acceptors (Lipinski definition) is 4. The highest BCUT2D eigenvalue weighted by Gasteiger charge is 2.33. The van der Waals surface area contributed by atoms with Gasteiger partial charge in [0.15, 0.2) is 0 Å². The van der Waals surface area contributed by atoms with E-state index in [1.807, 2.05) is 12.1 Å². The van der Waals surface area contributed by atoms with Gasteiger partial charge in [-0.15, -0.1) is 0 Å². The number of amidine groups is 2. The van der Waals surface area contributed by atoms with E-state index in [-0.39, 0.29) is 0 Å². The molecule has 0 bridgehead atoms. The monoisotopic (exact) mass is 362 g/mol. The Bertz CT molecular complexity index is 986. The number of hydrogen-bond donors (Lipinski definition) is 1. The lowest BCUT2D eigenvalue weighted by Crippen LogP contribution is -2.38. The molecule has 0 radical (unpaired) electrons. The molecule has 1 N–H and O–H groups in total. The zero-order chi connectivity index (χ0) is 17.7. The van der Waals surface area contributed by atoms with Crippen molar-refractivity contribution in [3.05, 3.63) is 69.8 Å². The molecular weight excluding hydrogens is 344 g/mol. The van der Waals surface area contributed by atoms with Gasteiger partial charge in [0.05, 0.1) is 12.2 Å². The Labute approximate surface area is 157 Å². The van der Waals surface area contributed by atoms with Crippen molar-refractivity contribution in [2.45, 2.75) is 13.3 Å². The highest BCUT2D eigenvalue weighted by molar-refractivity contribution is 6.31. The number of rotatable bonds is 1. The van der Waals surface area contributed by atoms with Gasteiger partial charge in [0.1, 0.15) is 11.7 Å². The van der Waals surface area contributed by atoms with Crippen LogP contribution in [0.5, 0.6) is 0 Å². The lowest BCUT2D eigenvalue weighted by atomic mass is 10.00. The molecule has 0 saturated heterocycles. The molecule has 0 saturated carbocycles. The van der Waals surface area contributed by atoms with Crippen molar-refractivity contribution in [1.82, 2.24) is 4.90 Å². The van der Waals surface area contributed by atoms with Crippen molar-refractivity contribution >= 4 is 34.7 Å². The Hall–Kier alpha value is -2.59. The smallest absolute Gasteiger partial charge is 0.142 e. The summed E-state index contributed by atoms with van der Waals surface area (Å²) in [5.41, 5.74) is 6.77. The van der Waals surface area contributed by atoms with Crippen LogP contribution in [0.2, 0.25) is 5.02 Å². The molecule has 0 unspecified atom stereocenters. The molecular formula is C21H19ClN4. The quantitative estimate of drug-likeness (QED) is 0.819. The summed E-state index contributed by atoms with van der Waals surface area (Å²) in [7, 11) is 0. The third-order valence-electron chi connectivity index (χ3n) is 5.11. The first-order valence-electron chi connectivity index (χ1n) is 8.96. The van der Waals surface area contributed by atoms with Crippen molar-refractivity contribution < 1.29 is 0 Å². The maximum absolute atomic E-state index is 6.21. The van der Waals surface area contributed by atoms with Gasteiger partial charge < -0.3 is 10.2 Å². The summed E-state index contributed by atoms with van der Waals surface area (Å²) < 4.78 is 0. The molecule has 3 aliphatic rings. The average molecular weight is 363 g/mol. The zero-order valence-corrected chi connectivity index (χ0v) is 15.3. The molecule has 5 heteroatoms. The minimum atomic E-state index is 0.735. The Kier molecular flexibility index (Phi) is 3.61. The summed E-state index contributed by atoms with van der Waals surface area (Å²) in [4.78, 5) is 12.2. The van der Waals surface area contributed by atoms with E-state index in [1.165, 1.54) is 11.1 Å². The summed E-state index contributed by atoms with van der Waals surface area (Å²) in [5.74, 6) is 2.07. The largest absolute Gasteiger partial charge is 0.384 e. The van der Waals surface area contributed by atoms with Crippen molar-refractivity contribution in [3.8, 4) is 0 Å². The fourth-order valence-corrected chi connectivity index (χ4v) is 3.99. The third-order valence-corrected chi connectivity index (χ3v) is 5.34. The third kappa shape index (κ3) is 2.44. The fraction of sp³-hybridized carbons (Fsp3) is 0.238. The van der Waals surface area contributed by atoms with Gasteiger partial charge in [-0.3, -0.25) is 4.99 Å². The summed E-state index contributed by atoms with van der Waals surface area (Å²) in [6.07, 6.45) is 0.904. The molecule has 3 aliphatic heterocycles. The highest BCUT2D eigenvalue weighted by atomic mass is 35.5. The summed E-state index contributed by atoms with van der Waals surface area (Å²) in [6, 6.07) is 14.5. The van der Waals surface area contributed by atoms with Crippen LogP contribution >= 0.6 is 11.6 Å². The molecule has 0 aromatic heterocycles. The minimum absolute atomic E-state index is 0.735. The van der Waals surface area contributed by atoms with Crippen LogP contribution in [0.1, 0.15) is 23.1 Å². The molecule has 3 heterocycles. The van der Waals surface area contributed by atoms with Gasteiger partial charge >= 0.3 is 0 Å². The van der Waals surface area contributed by atoms with E-state index in [1.54, 1.807) is 0 Å². The second-order valence-corrected chi connectivity index (χ2v) is 7.29. The van der Waals surface area contributed by atoms with Gasteiger partial charge in [0.2, 0.25) is 0 Å². The lowest BCUT2D eigenvalue weighted by molar-refractivity contribution is 0.659. The SMILES string of the molecule is Cc1ccc(C2=NC3=C(CCNc4cc(Cl)ccc43)C3=NCCN32)cc1. The molecule has 0 fully saturated rings. The normalized spacial score (nSPS) is 18.3. The lowest BCUT2D eigenvalue weighted by Gasteiger charge is -2.29.